The van der Waals surface area contributed by atoms with Gasteiger partial charge in [0.25, 0.3) is 0 Å². The summed E-state index contributed by atoms with van der Waals surface area (Å²) in [6.07, 6.45) is 0. The monoisotopic (exact) mass is 303 g/mol. The van der Waals surface area contributed by atoms with Crippen LogP contribution in [0.15, 0.2) is 32.7 Å². The number of nitrogens with one attached hydrogen (secondary N) is 1. The van der Waals surface area contributed by atoms with Crippen molar-refractivity contribution in [2.75, 3.05) is 12.4 Å². The van der Waals surface area contributed by atoms with Crippen molar-refractivity contribution < 1.29 is 0 Å². The first-order chi connectivity index (χ1) is 7.54. The number of halogens is 2. The van der Waals surface area contributed by atoms with Crippen LogP contribution in [0.2, 0.25) is 5.02 Å². The van der Waals surface area contributed by atoms with Crippen molar-refractivity contribution >= 4 is 45.1 Å². The Balaban J connectivity index is 2.93. The number of nitrogens with two attached hydrogens (primary N) is 2. The summed E-state index contributed by atoms with van der Waals surface area (Å²) in [5, 5.41) is 3.36. The molecule has 0 aromatic heterocycles. The molecule has 0 saturated heterocycles. The van der Waals surface area contributed by atoms with Crippen LogP contribution in [-0.2, 0) is 0 Å². The highest BCUT2D eigenvalue weighted by Crippen LogP contribution is 2.29. The van der Waals surface area contributed by atoms with E-state index in [0.717, 1.165) is 4.47 Å². The Morgan fingerprint density at radius 3 is 2.69 bits per heavy atom. The Kier molecular flexibility index (Phi) is 4.57. The molecule has 0 fully saturated rings. The van der Waals surface area contributed by atoms with Crippen molar-refractivity contribution in [1.82, 2.24) is 0 Å². The zero-order chi connectivity index (χ0) is 12.1. The van der Waals surface area contributed by atoms with Gasteiger partial charge in [-0.15, -0.1) is 0 Å². The molecule has 0 saturated carbocycles. The van der Waals surface area contributed by atoms with Crippen LogP contribution in [0.1, 0.15) is 0 Å². The van der Waals surface area contributed by atoms with Crippen molar-refractivity contribution in [3.8, 4) is 0 Å². The fourth-order valence-corrected chi connectivity index (χ4v) is 1.75. The van der Waals surface area contributed by atoms with Crippen LogP contribution in [0.4, 0.5) is 5.69 Å². The van der Waals surface area contributed by atoms with Crippen LogP contribution >= 0.6 is 27.5 Å². The smallest absolute Gasteiger partial charge is 0.218 e. The fourth-order valence-electron chi connectivity index (χ4n) is 0.947. The maximum Gasteiger partial charge on any atom is 0.218 e. The maximum atomic E-state index is 5.98. The van der Waals surface area contributed by atoms with Crippen molar-refractivity contribution in [2.45, 2.75) is 0 Å². The molecule has 0 aliphatic rings. The van der Waals surface area contributed by atoms with Gasteiger partial charge in [-0.2, -0.15) is 4.99 Å². The molecule has 0 unspecified atom stereocenters. The highest BCUT2D eigenvalue weighted by Gasteiger charge is 2.05. The van der Waals surface area contributed by atoms with Crippen LogP contribution in [0.25, 0.3) is 0 Å². The van der Waals surface area contributed by atoms with Crippen molar-refractivity contribution in [3.05, 3.63) is 27.7 Å². The summed E-state index contributed by atoms with van der Waals surface area (Å²) in [4.78, 5) is 7.46. The van der Waals surface area contributed by atoms with E-state index >= 15 is 0 Å². The number of benzene rings is 1. The fraction of sp³-hybridized carbons (Fsp3) is 0.111. The van der Waals surface area contributed by atoms with Gasteiger partial charge in [0.2, 0.25) is 11.9 Å². The number of hydrogen-bond acceptors (Lipinski definition) is 1. The summed E-state index contributed by atoms with van der Waals surface area (Å²) in [5.41, 5.74) is 11.7. The second kappa shape index (κ2) is 5.72. The zero-order valence-electron chi connectivity index (χ0n) is 8.54. The second-order valence-electron chi connectivity index (χ2n) is 2.80. The van der Waals surface area contributed by atoms with Crippen LogP contribution < -0.4 is 16.8 Å². The molecule has 0 atom stereocenters. The average molecular weight is 305 g/mol. The number of guanidine groups is 2. The molecule has 0 amide bonds. The van der Waals surface area contributed by atoms with Gasteiger partial charge in [0.15, 0.2) is 0 Å². The third-order valence-electron chi connectivity index (χ3n) is 1.68. The van der Waals surface area contributed by atoms with Gasteiger partial charge in [-0.25, -0.2) is 0 Å². The molecule has 0 heterocycles. The number of nitrogens with zero attached hydrogens (tertiary/aromatic N) is 2. The molecule has 5 nitrogen and oxygen atoms in total. The van der Waals surface area contributed by atoms with E-state index in [2.05, 4.69) is 31.2 Å². The van der Waals surface area contributed by atoms with Crippen molar-refractivity contribution in [3.63, 3.8) is 0 Å². The Morgan fingerprint density at radius 2 is 2.12 bits per heavy atom. The molecule has 1 aromatic rings. The molecule has 7 heteroatoms. The Hall–Kier alpha value is -1.27. The molecule has 1 aromatic carbocycles. The van der Waals surface area contributed by atoms with Gasteiger partial charge in [-0.05, 0) is 28.1 Å². The first-order valence-corrected chi connectivity index (χ1v) is 5.49. The summed E-state index contributed by atoms with van der Waals surface area (Å²) >= 11 is 9.32. The zero-order valence-corrected chi connectivity index (χ0v) is 10.9. The normalized spacial score (nSPS) is 12.7. The lowest BCUT2D eigenvalue weighted by atomic mass is 10.3. The van der Waals surface area contributed by atoms with E-state index in [-0.39, 0.29) is 11.9 Å². The van der Waals surface area contributed by atoms with Gasteiger partial charge in [-0.1, -0.05) is 17.7 Å². The van der Waals surface area contributed by atoms with E-state index in [4.69, 9.17) is 23.1 Å². The molecule has 1 rings (SSSR count). The number of aliphatic imine (C=N–C) groups is 2. The average Bonchev–Trinajstić information content (AvgIpc) is 2.23. The lowest BCUT2D eigenvalue weighted by Gasteiger charge is -2.09. The van der Waals surface area contributed by atoms with Gasteiger partial charge in [0.05, 0.1) is 10.7 Å². The van der Waals surface area contributed by atoms with Crippen LogP contribution in [0, 0.1) is 0 Å². The summed E-state index contributed by atoms with van der Waals surface area (Å²) in [6.45, 7) is 0. The number of anilines is 1. The minimum absolute atomic E-state index is 0.0909. The van der Waals surface area contributed by atoms with Crippen LogP contribution in [0.5, 0.6) is 0 Å². The SMILES string of the molecule is CN=C(N)N=C(N)Nc1c(Cl)cccc1Br. The summed E-state index contributed by atoms with van der Waals surface area (Å²) in [6, 6.07) is 5.38. The first kappa shape index (κ1) is 12.8. The summed E-state index contributed by atoms with van der Waals surface area (Å²) < 4.78 is 0.783. The Morgan fingerprint density at radius 1 is 1.44 bits per heavy atom. The molecule has 0 radical (unpaired) electrons. The minimum Gasteiger partial charge on any atom is -0.369 e. The third-order valence-corrected chi connectivity index (χ3v) is 2.66. The summed E-state index contributed by atoms with van der Waals surface area (Å²) in [7, 11) is 1.53. The Labute approximate surface area is 107 Å². The molecule has 5 N–H and O–H groups in total. The lowest BCUT2D eigenvalue weighted by molar-refractivity contribution is 1.34. The van der Waals surface area contributed by atoms with Crippen LogP contribution in [-0.4, -0.2) is 19.0 Å². The summed E-state index contributed by atoms with van der Waals surface area (Å²) in [5.74, 6) is 0.213. The molecule has 86 valence electrons. The molecule has 0 bridgehead atoms. The predicted octanol–water partition coefficient (Wildman–Crippen LogP) is 1.77. The highest BCUT2D eigenvalue weighted by atomic mass is 79.9. The largest absolute Gasteiger partial charge is 0.369 e. The number of para-hydroxylation sites is 1. The van der Waals surface area contributed by atoms with Gasteiger partial charge in [-0.3, -0.25) is 4.99 Å². The van der Waals surface area contributed by atoms with E-state index in [1.54, 1.807) is 6.07 Å². The van der Waals surface area contributed by atoms with Gasteiger partial charge in [0, 0.05) is 11.5 Å². The highest BCUT2D eigenvalue weighted by molar-refractivity contribution is 9.10. The van der Waals surface area contributed by atoms with Gasteiger partial charge < -0.3 is 16.8 Å². The molecular formula is C9H11BrClN5. The topological polar surface area (TPSA) is 88.8 Å². The lowest BCUT2D eigenvalue weighted by Crippen LogP contribution is -2.26. The van der Waals surface area contributed by atoms with Crippen molar-refractivity contribution in [1.29, 1.82) is 0 Å². The maximum absolute atomic E-state index is 5.98. The molecular weight excluding hydrogens is 293 g/mol. The Bertz CT molecular complexity index is 423. The van der Waals surface area contributed by atoms with E-state index in [1.165, 1.54) is 7.05 Å². The quantitative estimate of drug-likeness (QED) is 0.546. The standard InChI is InChI=1S/C9H11BrClN5/c1-14-8(12)16-9(13)15-7-5(10)3-2-4-6(7)11/h2-4H,1H3,(H5,12,13,14,15,16). The third kappa shape index (κ3) is 3.39. The minimum atomic E-state index is 0.0909. The number of hydrogen-bond donors (Lipinski definition) is 3. The number of rotatable bonds is 1. The van der Waals surface area contributed by atoms with Gasteiger partial charge >= 0.3 is 0 Å². The van der Waals surface area contributed by atoms with E-state index in [1.807, 2.05) is 12.1 Å². The van der Waals surface area contributed by atoms with E-state index < -0.39 is 0 Å². The van der Waals surface area contributed by atoms with Crippen molar-refractivity contribution in [2.24, 2.45) is 21.5 Å². The first-order valence-electron chi connectivity index (χ1n) is 4.32. The molecule has 0 aliphatic carbocycles. The van der Waals surface area contributed by atoms with Crippen LogP contribution in [0.3, 0.4) is 0 Å². The second-order valence-corrected chi connectivity index (χ2v) is 4.06. The van der Waals surface area contributed by atoms with E-state index in [9.17, 15) is 0 Å². The molecule has 16 heavy (non-hydrogen) atoms. The van der Waals surface area contributed by atoms with E-state index in [0.29, 0.717) is 10.7 Å². The molecule has 0 aliphatic heterocycles. The van der Waals surface area contributed by atoms with Gasteiger partial charge in [0.1, 0.15) is 0 Å². The molecule has 0 spiro atoms. The predicted molar refractivity (Wildman–Crippen MR) is 71.9 cm³/mol.